The molecule has 1 heterocycles. The molecular weight excluding hydrogens is 290 g/mol. The zero-order chi connectivity index (χ0) is 16.0. The number of nitrogens with zero attached hydrogens (tertiary/aromatic N) is 1. The summed E-state index contributed by atoms with van der Waals surface area (Å²) in [4.78, 5) is 25.1. The first-order chi connectivity index (χ1) is 9.70. The third-order valence-corrected chi connectivity index (χ3v) is 3.22. The predicted molar refractivity (Wildman–Crippen MR) is 81.2 cm³/mol. The molecule has 114 valence electrons. The van der Waals surface area contributed by atoms with Crippen molar-refractivity contribution in [1.29, 1.82) is 0 Å². The summed E-state index contributed by atoms with van der Waals surface area (Å²) in [6.07, 6.45) is -0.683. The first kappa shape index (κ1) is 17.1. The van der Waals surface area contributed by atoms with E-state index in [0.29, 0.717) is 0 Å². The molecule has 0 unspecified atom stereocenters. The van der Waals surface area contributed by atoms with Gasteiger partial charge in [-0.05, 0) is 39.1 Å². The van der Waals surface area contributed by atoms with Crippen LogP contribution in [0.3, 0.4) is 0 Å². The van der Waals surface area contributed by atoms with Crippen LogP contribution >= 0.6 is 11.3 Å². The van der Waals surface area contributed by atoms with E-state index in [4.69, 9.17) is 9.84 Å². The Hall–Kier alpha value is -2.00. The van der Waals surface area contributed by atoms with Crippen molar-refractivity contribution in [1.82, 2.24) is 4.90 Å². The number of thiophene rings is 1. The molecule has 0 aromatic carbocycles. The van der Waals surface area contributed by atoms with Crippen molar-refractivity contribution in [2.75, 3.05) is 6.54 Å². The molecule has 5 nitrogen and oxygen atoms in total. The molecule has 0 aliphatic carbocycles. The van der Waals surface area contributed by atoms with Gasteiger partial charge in [-0.3, -0.25) is 4.90 Å². The van der Waals surface area contributed by atoms with Gasteiger partial charge in [0.1, 0.15) is 11.6 Å². The van der Waals surface area contributed by atoms with Gasteiger partial charge in [-0.25, -0.2) is 9.59 Å². The van der Waals surface area contributed by atoms with E-state index in [-0.39, 0.29) is 6.54 Å². The number of hydrogen-bond donors (Lipinski definition) is 1. The molecule has 0 saturated heterocycles. The highest BCUT2D eigenvalue weighted by Crippen LogP contribution is 2.12. The Morgan fingerprint density at radius 1 is 1.48 bits per heavy atom. The van der Waals surface area contributed by atoms with Gasteiger partial charge in [-0.1, -0.05) is 17.9 Å². The standard InChI is InChI=1S/C15H19NO4S/c1-11(13(17)18)16(14(19)20-15(2,3)4)9-5-7-12-8-6-10-21-12/h6,8,10-11H,9H2,1-4H3,(H,17,18)/t11-/m0/s1. The Morgan fingerprint density at radius 3 is 2.62 bits per heavy atom. The molecule has 1 N–H and O–H groups in total. The van der Waals surface area contributed by atoms with Crippen molar-refractivity contribution >= 4 is 23.4 Å². The zero-order valence-electron chi connectivity index (χ0n) is 12.5. The fourth-order valence-electron chi connectivity index (χ4n) is 1.37. The van der Waals surface area contributed by atoms with Gasteiger partial charge in [0.15, 0.2) is 0 Å². The van der Waals surface area contributed by atoms with Crippen molar-refractivity contribution in [3.8, 4) is 11.8 Å². The molecule has 0 radical (unpaired) electrons. The topological polar surface area (TPSA) is 66.8 Å². The van der Waals surface area contributed by atoms with Crippen LogP contribution in [0, 0.1) is 11.8 Å². The van der Waals surface area contributed by atoms with E-state index in [2.05, 4.69) is 11.8 Å². The first-order valence-electron chi connectivity index (χ1n) is 6.45. The van der Waals surface area contributed by atoms with Crippen molar-refractivity contribution in [3.63, 3.8) is 0 Å². The number of rotatable bonds is 3. The van der Waals surface area contributed by atoms with Gasteiger partial charge in [-0.15, -0.1) is 11.3 Å². The summed E-state index contributed by atoms with van der Waals surface area (Å²) in [6, 6.07) is 2.73. The Bertz CT molecular complexity index is 548. The van der Waals surface area contributed by atoms with Crippen LogP contribution in [0.4, 0.5) is 4.79 Å². The quantitative estimate of drug-likeness (QED) is 0.872. The number of aliphatic carboxylic acids is 1. The zero-order valence-corrected chi connectivity index (χ0v) is 13.4. The van der Waals surface area contributed by atoms with E-state index in [9.17, 15) is 9.59 Å². The molecule has 0 aliphatic rings. The summed E-state index contributed by atoms with van der Waals surface area (Å²) in [6.45, 7) is 6.61. The summed E-state index contributed by atoms with van der Waals surface area (Å²) in [5.41, 5.74) is -0.686. The second-order valence-corrected chi connectivity index (χ2v) is 6.35. The Labute approximate surface area is 128 Å². The predicted octanol–water partition coefficient (Wildman–Crippen LogP) is 2.81. The van der Waals surface area contributed by atoms with E-state index in [1.807, 2.05) is 17.5 Å². The van der Waals surface area contributed by atoms with E-state index in [1.165, 1.54) is 18.3 Å². The largest absolute Gasteiger partial charge is 0.480 e. The van der Waals surface area contributed by atoms with Crippen molar-refractivity contribution < 1.29 is 19.4 Å². The number of ether oxygens (including phenoxy) is 1. The number of hydrogen-bond acceptors (Lipinski definition) is 4. The van der Waals surface area contributed by atoms with E-state index in [0.717, 1.165) is 9.78 Å². The van der Waals surface area contributed by atoms with Gasteiger partial charge < -0.3 is 9.84 Å². The lowest BCUT2D eigenvalue weighted by Gasteiger charge is -2.28. The van der Waals surface area contributed by atoms with Crippen LogP contribution < -0.4 is 0 Å². The van der Waals surface area contributed by atoms with Gasteiger partial charge >= 0.3 is 12.1 Å². The van der Waals surface area contributed by atoms with Gasteiger partial charge in [0, 0.05) is 0 Å². The van der Waals surface area contributed by atoms with Gasteiger partial charge in [0.2, 0.25) is 0 Å². The maximum atomic E-state index is 12.1. The van der Waals surface area contributed by atoms with Crippen LogP contribution in [0.5, 0.6) is 0 Å². The summed E-state index contributed by atoms with van der Waals surface area (Å²) >= 11 is 1.48. The van der Waals surface area contributed by atoms with Crippen LogP contribution in [0.25, 0.3) is 0 Å². The third-order valence-electron chi connectivity index (χ3n) is 2.44. The molecular formula is C15H19NO4S. The molecule has 21 heavy (non-hydrogen) atoms. The van der Waals surface area contributed by atoms with Crippen LogP contribution in [0.1, 0.15) is 32.6 Å². The van der Waals surface area contributed by atoms with Crippen molar-refractivity contribution in [2.24, 2.45) is 0 Å². The SMILES string of the molecule is C[C@@H](C(=O)O)N(CC#Cc1cccs1)C(=O)OC(C)(C)C. The number of carboxylic acid groups (broad SMARTS) is 1. The second kappa shape index (κ2) is 7.14. The summed E-state index contributed by atoms with van der Waals surface area (Å²) in [5.74, 6) is 4.61. The van der Waals surface area contributed by atoms with E-state index in [1.54, 1.807) is 20.8 Å². The highest BCUT2D eigenvalue weighted by atomic mass is 32.1. The molecule has 1 aromatic rings. The van der Waals surface area contributed by atoms with Gasteiger partial charge in [-0.2, -0.15) is 0 Å². The minimum Gasteiger partial charge on any atom is -0.480 e. The van der Waals surface area contributed by atoms with Gasteiger partial charge in [0.25, 0.3) is 0 Å². The van der Waals surface area contributed by atoms with Crippen LogP contribution in [-0.2, 0) is 9.53 Å². The number of carbonyl (C=O) groups is 2. The normalized spacial score (nSPS) is 12.0. The maximum Gasteiger partial charge on any atom is 0.411 e. The highest BCUT2D eigenvalue weighted by Gasteiger charge is 2.29. The monoisotopic (exact) mass is 309 g/mol. The molecule has 1 atom stereocenters. The van der Waals surface area contributed by atoms with E-state index < -0.39 is 23.7 Å². The lowest BCUT2D eigenvalue weighted by molar-refractivity contribution is -0.142. The first-order valence-corrected chi connectivity index (χ1v) is 7.33. The van der Waals surface area contributed by atoms with Crippen molar-refractivity contribution in [3.05, 3.63) is 22.4 Å². The molecule has 0 saturated carbocycles. The minimum atomic E-state index is -1.10. The second-order valence-electron chi connectivity index (χ2n) is 5.40. The molecule has 0 fully saturated rings. The lowest BCUT2D eigenvalue weighted by atomic mass is 10.2. The third kappa shape index (κ3) is 5.88. The van der Waals surface area contributed by atoms with Crippen LogP contribution in [-0.4, -0.2) is 40.3 Å². The summed E-state index contributed by atoms with van der Waals surface area (Å²) in [5, 5.41) is 11.0. The summed E-state index contributed by atoms with van der Waals surface area (Å²) in [7, 11) is 0. The van der Waals surface area contributed by atoms with Crippen LogP contribution in [0.2, 0.25) is 0 Å². The summed E-state index contributed by atoms with van der Waals surface area (Å²) < 4.78 is 5.22. The molecule has 0 bridgehead atoms. The lowest BCUT2D eigenvalue weighted by Crippen LogP contribution is -2.45. The Morgan fingerprint density at radius 2 is 2.14 bits per heavy atom. The molecule has 1 aromatic heterocycles. The smallest absolute Gasteiger partial charge is 0.411 e. The molecule has 1 amide bonds. The fraction of sp³-hybridized carbons (Fsp3) is 0.467. The minimum absolute atomic E-state index is 0.000278. The molecule has 0 spiro atoms. The highest BCUT2D eigenvalue weighted by molar-refractivity contribution is 7.10. The van der Waals surface area contributed by atoms with Gasteiger partial charge in [0.05, 0.1) is 11.4 Å². The number of amides is 1. The molecule has 6 heteroatoms. The van der Waals surface area contributed by atoms with Crippen LogP contribution in [0.15, 0.2) is 17.5 Å². The number of carbonyl (C=O) groups excluding carboxylic acids is 1. The van der Waals surface area contributed by atoms with Crippen molar-refractivity contribution in [2.45, 2.75) is 39.3 Å². The average molecular weight is 309 g/mol. The average Bonchev–Trinajstić information content (AvgIpc) is 2.84. The maximum absolute atomic E-state index is 12.1. The van der Waals surface area contributed by atoms with E-state index >= 15 is 0 Å². The fourth-order valence-corrected chi connectivity index (χ4v) is 1.97. The Balaban J connectivity index is 2.82. The molecule has 1 rings (SSSR count). The molecule has 0 aliphatic heterocycles. The number of carboxylic acids is 1. The Kier molecular flexibility index (Phi) is 5.79.